The summed E-state index contributed by atoms with van der Waals surface area (Å²) in [5.41, 5.74) is 1.21. The zero-order chi connectivity index (χ0) is 10.5. The molecule has 1 heterocycles. The summed E-state index contributed by atoms with van der Waals surface area (Å²) in [5.74, 6) is 0.992. The Labute approximate surface area is 91.2 Å². The summed E-state index contributed by atoms with van der Waals surface area (Å²) in [6.07, 6.45) is 3.57. The van der Waals surface area contributed by atoms with E-state index in [1.54, 1.807) is 0 Å². The molecule has 1 unspecified atom stereocenters. The van der Waals surface area contributed by atoms with Gasteiger partial charge in [0, 0.05) is 12.2 Å². The molecule has 2 rings (SSSR count). The van der Waals surface area contributed by atoms with Crippen LogP contribution in [0.15, 0.2) is 24.3 Å². The molecule has 0 saturated carbocycles. The van der Waals surface area contributed by atoms with Crippen LogP contribution in [0.25, 0.3) is 0 Å². The molecule has 0 spiro atoms. The molecule has 0 bridgehead atoms. The van der Waals surface area contributed by atoms with Crippen molar-refractivity contribution in [3.05, 3.63) is 29.8 Å². The van der Waals surface area contributed by atoms with E-state index in [4.69, 9.17) is 9.47 Å². The minimum absolute atomic E-state index is 0.248. The van der Waals surface area contributed by atoms with Crippen molar-refractivity contribution in [2.24, 2.45) is 0 Å². The van der Waals surface area contributed by atoms with E-state index >= 15 is 0 Å². The molecular weight excluding hydrogens is 188 g/mol. The molecule has 2 heteroatoms. The number of hydrogen-bond acceptors (Lipinski definition) is 2. The maximum Gasteiger partial charge on any atom is 0.125 e. The lowest BCUT2D eigenvalue weighted by molar-refractivity contribution is 0.109. The van der Waals surface area contributed by atoms with Crippen molar-refractivity contribution in [2.45, 2.75) is 32.3 Å². The van der Waals surface area contributed by atoms with E-state index in [1.807, 2.05) is 12.1 Å². The summed E-state index contributed by atoms with van der Waals surface area (Å²) in [4.78, 5) is 0. The fraction of sp³-hybridized carbons (Fsp3) is 0.538. The number of benzene rings is 1. The molecule has 1 aromatic carbocycles. The molecule has 1 fully saturated rings. The highest BCUT2D eigenvalue weighted by atomic mass is 16.5. The van der Waals surface area contributed by atoms with E-state index in [9.17, 15) is 0 Å². The van der Waals surface area contributed by atoms with Crippen molar-refractivity contribution in [1.82, 2.24) is 0 Å². The van der Waals surface area contributed by atoms with Gasteiger partial charge in [0.05, 0.1) is 12.7 Å². The average Bonchev–Trinajstić information content (AvgIpc) is 2.80. The van der Waals surface area contributed by atoms with Crippen LogP contribution < -0.4 is 4.74 Å². The van der Waals surface area contributed by atoms with Crippen LogP contribution in [0.2, 0.25) is 0 Å². The first-order valence-electron chi connectivity index (χ1n) is 5.75. The Morgan fingerprint density at radius 3 is 3.00 bits per heavy atom. The molecule has 0 radical (unpaired) electrons. The highest BCUT2D eigenvalue weighted by molar-refractivity contribution is 5.35. The Morgan fingerprint density at radius 2 is 2.27 bits per heavy atom. The summed E-state index contributed by atoms with van der Waals surface area (Å²) in [6.45, 7) is 3.78. The second kappa shape index (κ2) is 5.17. The van der Waals surface area contributed by atoms with Crippen LogP contribution in [0, 0.1) is 0 Å². The largest absolute Gasteiger partial charge is 0.493 e. The van der Waals surface area contributed by atoms with Gasteiger partial charge in [-0.05, 0) is 25.3 Å². The Bertz CT molecular complexity index is 303. The second-order valence-electron chi connectivity index (χ2n) is 3.89. The maximum atomic E-state index is 5.72. The highest BCUT2D eigenvalue weighted by Gasteiger charge is 2.20. The normalized spacial score (nSPS) is 20.5. The monoisotopic (exact) mass is 206 g/mol. The van der Waals surface area contributed by atoms with Gasteiger partial charge in [0.15, 0.2) is 0 Å². The third-order valence-electron chi connectivity index (χ3n) is 2.66. The summed E-state index contributed by atoms with van der Waals surface area (Å²) in [6, 6.07) is 8.22. The lowest BCUT2D eigenvalue weighted by atomic mass is 10.1. The molecule has 1 saturated heterocycles. The highest BCUT2D eigenvalue weighted by Crippen LogP contribution is 2.34. The van der Waals surface area contributed by atoms with Crippen molar-refractivity contribution < 1.29 is 9.47 Å². The quantitative estimate of drug-likeness (QED) is 0.752. The fourth-order valence-electron chi connectivity index (χ4n) is 1.91. The van der Waals surface area contributed by atoms with Crippen molar-refractivity contribution in [1.29, 1.82) is 0 Å². The van der Waals surface area contributed by atoms with Crippen LogP contribution in [0.5, 0.6) is 5.75 Å². The van der Waals surface area contributed by atoms with E-state index in [-0.39, 0.29) is 6.10 Å². The Balaban J connectivity index is 2.13. The average molecular weight is 206 g/mol. The van der Waals surface area contributed by atoms with Gasteiger partial charge in [-0.1, -0.05) is 25.1 Å². The van der Waals surface area contributed by atoms with Crippen LogP contribution in [0.3, 0.4) is 0 Å². The molecule has 0 N–H and O–H groups in total. The first-order valence-corrected chi connectivity index (χ1v) is 5.75. The third kappa shape index (κ3) is 2.51. The lowest BCUT2D eigenvalue weighted by Crippen LogP contribution is -2.02. The SMILES string of the molecule is CCCOc1ccccc1C1CCCO1. The van der Waals surface area contributed by atoms with Gasteiger partial charge in [0.25, 0.3) is 0 Å². The van der Waals surface area contributed by atoms with Gasteiger partial charge in [-0.15, -0.1) is 0 Å². The van der Waals surface area contributed by atoms with Gasteiger partial charge < -0.3 is 9.47 Å². The number of ether oxygens (including phenoxy) is 2. The number of rotatable bonds is 4. The van der Waals surface area contributed by atoms with E-state index in [0.29, 0.717) is 0 Å². The Morgan fingerprint density at radius 1 is 1.40 bits per heavy atom. The first kappa shape index (κ1) is 10.5. The van der Waals surface area contributed by atoms with Crippen molar-refractivity contribution in [2.75, 3.05) is 13.2 Å². The van der Waals surface area contributed by atoms with Crippen LogP contribution in [-0.4, -0.2) is 13.2 Å². The minimum atomic E-state index is 0.248. The van der Waals surface area contributed by atoms with Gasteiger partial charge in [-0.25, -0.2) is 0 Å². The van der Waals surface area contributed by atoms with Gasteiger partial charge in [0.2, 0.25) is 0 Å². The van der Waals surface area contributed by atoms with Gasteiger partial charge in [-0.2, -0.15) is 0 Å². The standard InChI is InChI=1S/C13H18O2/c1-2-9-14-12-7-4-3-6-11(12)13-8-5-10-15-13/h3-4,6-7,13H,2,5,8-10H2,1H3. The molecule has 2 nitrogen and oxygen atoms in total. The zero-order valence-electron chi connectivity index (χ0n) is 9.24. The van der Waals surface area contributed by atoms with Crippen molar-refractivity contribution >= 4 is 0 Å². The molecule has 1 aromatic rings. The lowest BCUT2D eigenvalue weighted by Gasteiger charge is -2.15. The molecule has 82 valence electrons. The molecular formula is C13H18O2. The summed E-state index contributed by atoms with van der Waals surface area (Å²) < 4.78 is 11.4. The number of para-hydroxylation sites is 1. The van der Waals surface area contributed by atoms with Crippen molar-refractivity contribution in [3.63, 3.8) is 0 Å². The molecule has 1 aliphatic rings. The molecule has 1 atom stereocenters. The predicted molar refractivity (Wildman–Crippen MR) is 60.2 cm³/mol. The predicted octanol–water partition coefficient (Wildman–Crippen LogP) is 3.33. The van der Waals surface area contributed by atoms with E-state index in [0.717, 1.165) is 38.2 Å². The van der Waals surface area contributed by atoms with E-state index < -0.39 is 0 Å². The Hall–Kier alpha value is -1.02. The van der Waals surface area contributed by atoms with Crippen LogP contribution in [0.4, 0.5) is 0 Å². The van der Waals surface area contributed by atoms with Gasteiger partial charge in [0.1, 0.15) is 5.75 Å². The molecule has 1 aliphatic heterocycles. The van der Waals surface area contributed by atoms with E-state index in [2.05, 4.69) is 19.1 Å². The topological polar surface area (TPSA) is 18.5 Å². The van der Waals surface area contributed by atoms with Crippen LogP contribution in [0.1, 0.15) is 37.9 Å². The summed E-state index contributed by atoms with van der Waals surface area (Å²) >= 11 is 0. The summed E-state index contributed by atoms with van der Waals surface area (Å²) in [7, 11) is 0. The van der Waals surface area contributed by atoms with Crippen LogP contribution >= 0.6 is 0 Å². The zero-order valence-corrected chi connectivity index (χ0v) is 9.24. The molecule has 0 amide bonds. The molecule has 0 aliphatic carbocycles. The third-order valence-corrected chi connectivity index (χ3v) is 2.66. The van der Waals surface area contributed by atoms with Crippen LogP contribution in [-0.2, 0) is 4.74 Å². The second-order valence-corrected chi connectivity index (χ2v) is 3.89. The maximum absolute atomic E-state index is 5.72. The minimum Gasteiger partial charge on any atom is -0.493 e. The van der Waals surface area contributed by atoms with Gasteiger partial charge >= 0.3 is 0 Å². The first-order chi connectivity index (χ1) is 7.42. The number of hydrogen-bond donors (Lipinski definition) is 0. The summed E-state index contributed by atoms with van der Waals surface area (Å²) in [5, 5.41) is 0. The van der Waals surface area contributed by atoms with Gasteiger partial charge in [-0.3, -0.25) is 0 Å². The van der Waals surface area contributed by atoms with Crippen molar-refractivity contribution in [3.8, 4) is 5.75 Å². The smallest absolute Gasteiger partial charge is 0.125 e. The molecule has 0 aromatic heterocycles. The fourth-order valence-corrected chi connectivity index (χ4v) is 1.91. The Kier molecular flexibility index (Phi) is 3.62. The molecule has 15 heavy (non-hydrogen) atoms. The van der Waals surface area contributed by atoms with E-state index in [1.165, 1.54) is 5.56 Å².